The molecule has 0 aliphatic rings. The number of thioether (sulfide) groups is 1. The van der Waals surface area contributed by atoms with Crippen LogP contribution in [0.15, 0.2) is 40.5 Å². The van der Waals surface area contributed by atoms with Gasteiger partial charge >= 0.3 is 0 Å². The van der Waals surface area contributed by atoms with Crippen LogP contribution in [0.3, 0.4) is 0 Å². The second kappa shape index (κ2) is 12.3. The van der Waals surface area contributed by atoms with Crippen molar-refractivity contribution in [1.29, 1.82) is 0 Å². The third kappa shape index (κ3) is 7.42. The predicted octanol–water partition coefficient (Wildman–Crippen LogP) is 2.83. The monoisotopic (exact) mass is 404 g/mol. The number of nitrogens with one attached hydrogen (secondary N) is 2. The van der Waals surface area contributed by atoms with E-state index in [4.69, 9.17) is 4.74 Å². The highest BCUT2D eigenvalue weighted by atomic mass is 32.2. The Morgan fingerprint density at radius 2 is 1.93 bits per heavy atom. The summed E-state index contributed by atoms with van der Waals surface area (Å²) in [4.78, 5) is 4.25. The predicted molar refractivity (Wildman–Crippen MR) is 116 cm³/mol. The molecule has 0 saturated carbocycles. The van der Waals surface area contributed by atoms with E-state index < -0.39 is 0 Å². The van der Waals surface area contributed by atoms with Gasteiger partial charge in [0.25, 0.3) is 0 Å². The van der Waals surface area contributed by atoms with E-state index in [-0.39, 0.29) is 0 Å². The molecule has 0 saturated heterocycles. The molecule has 1 aromatic carbocycles. The summed E-state index contributed by atoms with van der Waals surface area (Å²) in [7, 11) is 1.78. The van der Waals surface area contributed by atoms with Crippen LogP contribution in [0, 0.1) is 5.92 Å². The van der Waals surface area contributed by atoms with Gasteiger partial charge in [0.1, 0.15) is 18.2 Å². The highest BCUT2D eigenvalue weighted by Crippen LogP contribution is 2.16. The maximum absolute atomic E-state index is 5.68. The van der Waals surface area contributed by atoms with Gasteiger partial charge in [-0.05, 0) is 30.7 Å². The van der Waals surface area contributed by atoms with Crippen molar-refractivity contribution in [2.75, 3.05) is 33.0 Å². The Kier molecular flexibility index (Phi) is 9.68. The molecular formula is C20H32N6OS. The Balaban J connectivity index is 1.68. The molecule has 2 N–H and O–H groups in total. The van der Waals surface area contributed by atoms with Gasteiger partial charge in [-0.3, -0.25) is 4.99 Å². The Morgan fingerprint density at radius 3 is 2.61 bits per heavy atom. The van der Waals surface area contributed by atoms with Crippen molar-refractivity contribution in [3.05, 3.63) is 36.2 Å². The highest BCUT2D eigenvalue weighted by molar-refractivity contribution is 7.98. The molecule has 0 unspecified atom stereocenters. The Bertz CT molecular complexity index is 717. The van der Waals surface area contributed by atoms with E-state index in [2.05, 4.69) is 44.2 Å². The minimum Gasteiger partial charge on any atom is -0.492 e. The first-order valence-electron chi connectivity index (χ1n) is 9.72. The lowest BCUT2D eigenvalue weighted by Gasteiger charge is -2.13. The SMILES string of the molecule is CN=C(NCCCc1nnc(SC)n1CC(C)C)NCCOc1ccccc1. The average Bonchev–Trinajstić information content (AvgIpc) is 3.08. The number of guanidine groups is 1. The van der Waals surface area contributed by atoms with Crippen molar-refractivity contribution < 1.29 is 4.74 Å². The molecule has 1 heterocycles. The number of hydrogen-bond acceptors (Lipinski definition) is 5. The number of aryl methyl sites for hydroxylation is 1. The van der Waals surface area contributed by atoms with Gasteiger partial charge in [0.2, 0.25) is 0 Å². The van der Waals surface area contributed by atoms with E-state index in [1.165, 1.54) is 0 Å². The summed E-state index contributed by atoms with van der Waals surface area (Å²) in [5.74, 6) is 3.28. The number of rotatable bonds is 11. The minimum atomic E-state index is 0.569. The fraction of sp³-hybridized carbons (Fsp3) is 0.550. The quantitative estimate of drug-likeness (QED) is 0.260. The third-order valence-electron chi connectivity index (χ3n) is 4.02. The van der Waals surface area contributed by atoms with Crippen LogP contribution in [0.1, 0.15) is 26.1 Å². The van der Waals surface area contributed by atoms with E-state index >= 15 is 0 Å². The molecule has 8 heteroatoms. The fourth-order valence-electron chi connectivity index (χ4n) is 2.73. The van der Waals surface area contributed by atoms with Crippen LogP contribution in [0.2, 0.25) is 0 Å². The van der Waals surface area contributed by atoms with Gasteiger partial charge in [0.05, 0.1) is 6.54 Å². The molecule has 0 amide bonds. The zero-order chi connectivity index (χ0) is 20.2. The van der Waals surface area contributed by atoms with Gasteiger partial charge in [-0.15, -0.1) is 10.2 Å². The summed E-state index contributed by atoms with van der Waals surface area (Å²) in [5.41, 5.74) is 0. The Labute approximate surface area is 172 Å². The molecule has 1 aromatic heterocycles. The molecular weight excluding hydrogens is 372 g/mol. The standard InChI is InChI=1S/C20H32N6OS/c1-16(2)15-26-18(24-25-20(26)28-4)11-8-12-22-19(21-3)23-13-14-27-17-9-6-5-7-10-17/h5-7,9-10,16H,8,11-15H2,1-4H3,(H2,21,22,23). The number of benzene rings is 1. The summed E-state index contributed by atoms with van der Waals surface area (Å²) in [6, 6.07) is 9.81. The average molecular weight is 405 g/mol. The van der Waals surface area contributed by atoms with Gasteiger partial charge in [0, 0.05) is 26.6 Å². The van der Waals surface area contributed by atoms with Crippen molar-refractivity contribution in [3.63, 3.8) is 0 Å². The van der Waals surface area contributed by atoms with Crippen LogP contribution in [0.4, 0.5) is 0 Å². The normalized spacial score (nSPS) is 11.7. The Morgan fingerprint density at radius 1 is 1.18 bits per heavy atom. The number of nitrogens with zero attached hydrogens (tertiary/aromatic N) is 4. The largest absolute Gasteiger partial charge is 0.492 e. The van der Waals surface area contributed by atoms with Crippen molar-refractivity contribution in [3.8, 4) is 5.75 Å². The Hall–Kier alpha value is -2.22. The molecule has 0 radical (unpaired) electrons. The molecule has 0 atom stereocenters. The molecule has 28 heavy (non-hydrogen) atoms. The molecule has 0 spiro atoms. The van der Waals surface area contributed by atoms with E-state index in [1.54, 1.807) is 18.8 Å². The molecule has 7 nitrogen and oxygen atoms in total. The van der Waals surface area contributed by atoms with Gasteiger partial charge in [-0.1, -0.05) is 43.8 Å². The first kappa shape index (κ1) is 22.1. The zero-order valence-corrected chi connectivity index (χ0v) is 18.1. The summed E-state index contributed by atoms with van der Waals surface area (Å²) < 4.78 is 7.92. The maximum atomic E-state index is 5.68. The minimum absolute atomic E-state index is 0.569. The second-order valence-corrected chi connectivity index (χ2v) is 7.57. The van der Waals surface area contributed by atoms with Gasteiger partial charge < -0.3 is 19.9 Å². The van der Waals surface area contributed by atoms with Crippen LogP contribution in [-0.4, -0.2) is 53.7 Å². The first-order valence-corrected chi connectivity index (χ1v) is 10.9. The van der Waals surface area contributed by atoms with Crippen LogP contribution in [0.25, 0.3) is 0 Å². The van der Waals surface area contributed by atoms with Crippen LogP contribution >= 0.6 is 11.8 Å². The number of hydrogen-bond donors (Lipinski definition) is 2. The molecule has 154 valence electrons. The van der Waals surface area contributed by atoms with Gasteiger partial charge in [-0.2, -0.15) is 0 Å². The number of ether oxygens (including phenoxy) is 1. The lowest BCUT2D eigenvalue weighted by Crippen LogP contribution is -2.39. The van der Waals surface area contributed by atoms with Crippen molar-refractivity contribution >= 4 is 17.7 Å². The van der Waals surface area contributed by atoms with E-state index in [0.717, 1.165) is 48.6 Å². The molecule has 0 fully saturated rings. The molecule has 0 bridgehead atoms. The van der Waals surface area contributed by atoms with Crippen molar-refractivity contribution in [2.24, 2.45) is 10.9 Å². The molecule has 2 rings (SSSR count). The summed E-state index contributed by atoms with van der Waals surface area (Å²) in [5, 5.41) is 16.3. The number of aromatic nitrogens is 3. The lowest BCUT2D eigenvalue weighted by molar-refractivity contribution is 0.322. The van der Waals surface area contributed by atoms with Crippen LogP contribution < -0.4 is 15.4 Å². The third-order valence-corrected chi connectivity index (χ3v) is 4.69. The number of aliphatic imine (C=N–C) groups is 1. The van der Waals surface area contributed by atoms with Crippen molar-refractivity contribution in [2.45, 2.75) is 38.4 Å². The van der Waals surface area contributed by atoms with Crippen LogP contribution in [0.5, 0.6) is 5.75 Å². The van der Waals surface area contributed by atoms with E-state index in [1.807, 2.05) is 36.6 Å². The van der Waals surface area contributed by atoms with E-state index in [0.29, 0.717) is 19.1 Å². The topological polar surface area (TPSA) is 76.4 Å². The second-order valence-electron chi connectivity index (χ2n) is 6.80. The smallest absolute Gasteiger partial charge is 0.191 e. The maximum Gasteiger partial charge on any atom is 0.191 e. The first-order chi connectivity index (χ1) is 13.6. The highest BCUT2D eigenvalue weighted by Gasteiger charge is 2.12. The molecule has 0 aliphatic carbocycles. The van der Waals surface area contributed by atoms with Gasteiger partial charge in [-0.25, -0.2) is 0 Å². The zero-order valence-electron chi connectivity index (χ0n) is 17.3. The lowest BCUT2D eigenvalue weighted by atomic mass is 10.2. The van der Waals surface area contributed by atoms with Crippen LogP contribution in [-0.2, 0) is 13.0 Å². The van der Waals surface area contributed by atoms with Gasteiger partial charge in [0.15, 0.2) is 11.1 Å². The molecule has 2 aromatic rings. The summed E-state index contributed by atoms with van der Waals surface area (Å²) >= 11 is 1.65. The summed E-state index contributed by atoms with van der Waals surface area (Å²) in [6.07, 6.45) is 3.90. The van der Waals surface area contributed by atoms with Crippen molar-refractivity contribution in [1.82, 2.24) is 25.4 Å². The fourth-order valence-corrected chi connectivity index (χ4v) is 3.26. The number of para-hydroxylation sites is 1. The molecule has 0 aliphatic heterocycles. The van der Waals surface area contributed by atoms with E-state index in [9.17, 15) is 0 Å². The summed E-state index contributed by atoms with van der Waals surface area (Å²) in [6.45, 7) is 7.48.